The molecular formula is C22H28N2O5S. The summed E-state index contributed by atoms with van der Waals surface area (Å²) < 4.78 is 11.4. The van der Waals surface area contributed by atoms with Gasteiger partial charge >= 0.3 is 5.97 Å². The van der Waals surface area contributed by atoms with E-state index in [1.165, 1.54) is 27.1 Å². The topological polar surface area (TPSA) is 68.3 Å². The standard InChI is InChI=1S/C22H28N2O5S/c1-27-11-12-29-24-20(25)14-18(21(26)28-2)22(24)7-9-23(10-8-22)15-17-13-16-5-3-4-6-19(16)30-17/h3-6,13,18H,7-12,14-15H2,1-2H3. The number of ether oxygens (including phenoxy) is 2. The molecule has 1 amide bonds. The first-order chi connectivity index (χ1) is 14.6. The van der Waals surface area contributed by atoms with Gasteiger partial charge in [0.15, 0.2) is 0 Å². The van der Waals surface area contributed by atoms with E-state index in [0.717, 1.165) is 19.6 Å². The van der Waals surface area contributed by atoms with Crippen LogP contribution in [0.15, 0.2) is 30.3 Å². The van der Waals surface area contributed by atoms with E-state index in [4.69, 9.17) is 14.3 Å². The summed E-state index contributed by atoms with van der Waals surface area (Å²) in [6, 6.07) is 10.7. The molecule has 3 heterocycles. The van der Waals surface area contributed by atoms with Crippen molar-refractivity contribution < 1.29 is 23.9 Å². The number of hydroxylamine groups is 2. The summed E-state index contributed by atoms with van der Waals surface area (Å²) in [5.41, 5.74) is -0.644. The monoisotopic (exact) mass is 432 g/mol. The van der Waals surface area contributed by atoms with E-state index < -0.39 is 11.5 Å². The number of methoxy groups -OCH3 is 2. The molecule has 2 fully saturated rings. The molecular weight excluding hydrogens is 404 g/mol. The Hall–Kier alpha value is -2.00. The summed E-state index contributed by atoms with van der Waals surface area (Å²) in [5.74, 6) is -0.984. The molecule has 0 radical (unpaired) electrons. The molecule has 2 aliphatic heterocycles. The van der Waals surface area contributed by atoms with Crippen LogP contribution in [-0.4, -0.2) is 67.9 Å². The largest absolute Gasteiger partial charge is 0.469 e. The fraction of sp³-hybridized carbons (Fsp3) is 0.545. The van der Waals surface area contributed by atoms with Gasteiger partial charge in [-0.2, -0.15) is 0 Å². The number of nitrogens with zero attached hydrogens (tertiary/aromatic N) is 2. The first kappa shape index (κ1) is 21.2. The van der Waals surface area contributed by atoms with E-state index in [2.05, 4.69) is 35.2 Å². The number of carbonyl (C=O) groups is 2. The summed E-state index contributed by atoms with van der Waals surface area (Å²) in [6.45, 7) is 3.12. The quantitative estimate of drug-likeness (QED) is 0.495. The number of hydrogen-bond acceptors (Lipinski definition) is 7. The molecule has 1 atom stereocenters. The van der Waals surface area contributed by atoms with Gasteiger partial charge in [0.05, 0.1) is 31.8 Å². The molecule has 1 aromatic carbocycles. The third-order valence-electron chi connectivity index (χ3n) is 6.23. The van der Waals surface area contributed by atoms with Gasteiger partial charge in [0.25, 0.3) is 0 Å². The Morgan fingerprint density at radius 1 is 1.20 bits per heavy atom. The van der Waals surface area contributed by atoms with Crippen molar-refractivity contribution in [1.29, 1.82) is 0 Å². The average molecular weight is 433 g/mol. The number of likely N-dealkylation sites (tertiary alicyclic amines) is 1. The molecule has 8 heteroatoms. The van der Waals surface area contributed by atoms with Crippen LogP contribution in [-0.2, 0) is 30.4 Å². The van der Waals surface area contributed by atoms with Crippen molar-refractivity contribution in [2.24, 2.45) is 5.92 Å². The minimum Gasteiger partial charge on any atom is -0.469 e. The van der Waals surface area contributed by atoms with Crippen LogP contribution in [0.1, 0.15) is 24.1 Å². The number of benzene rings is 1. The van der Waals surface area contributed by atoms with Gasteiger partial charge in [-0.15, -0.1) is 11.3 Å². The van der Waals surface area contributed by atoms with Gasteiger partial charge in [-0.05, 0) is 30.4 Å². The van der Waals surface area contributed by atoms with Gasteiger partial charge in [-0.3, -0.25) is 19.3 Å². The number of carbonyl (C=O) groups excluding carboxylic acids is 2. The number of fused-ring (bicyclic) bond motifs is 1. The van der Waals surface area contributed by atoms with Crippen molar-refractivity contribution in [3.05, 3.63) is 35.2 Å². The van der Waals surface area contributed by atoms with Gasteiger partial charge in [-0.25, -0.2) is 5.06 Å². The normalized spacial score (nSPS) is 21.6. The number of esters is 1. The Morgan fingerprint density at radius 3 is 2.67 bits per heavy atom. The molecule has 1 aromatic heterocycles. The van der Waals surface area contributed by atoms with E-state index in [-0.39, 0.29) is 24.9 Å². The Morgan fingerprint density at radius 2 is 1.97 bits per heavy atom. The second-order valence-electron chi connectivity index (χ2n) is 7.92. The van der Waals surface area contributed by atoms with Crippen molar-refractivity contribution in [3.8, 4) is 0 Å². The predicted octanol–water partition coefficient (Wildman–Crippen LogP) is 2.84. The Balaban J connectivity index is 1.47. The van der Waals surface area contributed by atoms with Crippen molar-refractivity contribution in [1.82, 2.24) is 9.96 Å². The van der Waals surface area contributed by atoms with Gasteiger partial charge in [0.2, 0.25) is 5.91 Å². The maximum absolute atomic E-state index is 12.7. The molecule has 7 nitrogen and oxygen atoms in total. The maximum Gasteiger partial charge on any atom is 0.311 e. The SMILES string of the molecule is COCCON1C(=O)CC(C(=O)OC)C12CCN(Cc1cc3ccccc3s1)CC2. The van der Waals surface area contributed by atoms with Gasteiger partial charge in [-0.1, -0.05) is 18.2 Å². The van der Waals surface area contributed by atoms with Crippen LogP contribution in [0.2, 0.25) is 0 Å². The fourth-order valence-corrected chi connectivity index (χ4v) is 5.79. The van der Waals surface area contributed by atoms with Crippen LogP contribution in [0.5, 0.6) is 0 Å². The lowest BCUT2D eigenvalue weighted by atomic mass is 9.77. The molecule has 0 aliphatic carbocycles. The highest BCUT2D eigenvalue weighted by Gasteiger charge is 2.58. The molecule has 4 rings (SSSR count). The zero-order valence-electron chi connectivity index (χ0n) is 17.5. The molecule has 30 heavy (non-hydrogen) atoms. The minimum atomic E-state index is -0.644. The molecule has 0 N–H and O–H groups in total. The van der Waals surface area contributed by atoms with Crippen molar-refractivity contribution in [2.75, 3.05) is 40.5 Å². The highest BCUT2D eigenvalue weighted by molar-refractivity contribution is 7.19. The molecule has 2 aromatic rings. The lowest BCUT2D eigenvalue weighted by molar-refractivity contribution is -0.227. The van der Waals surface area contributed by atoms with Crippen LogP contribution >= 0.6 is 11.3 Å². The lowest BCUT2D eigenvalue weighted by Gasteiger charge is -2.45. The highest BCUT2D eigenvalue weighted by atomic mass is 32.1. The molecule has 1 unspecified atom stereocenters. The second kappa shape index (κ2) is 9.01. The molecule has 0 bridgehead atoms. The van der Waals surface area contributed by atoms with Crippen LogP contribution < -0.4 is 0 Å². The minimum absolute atomic E-state index is 0.135. The molecule has 2 aliphatic rings. The van der Waals surface area contributed by atoms with E-state index in [1.807, 2.05) is 11.3 Å². The van der Waals surface area contributed by atoms with Gasteiger partial charge in [0, 0.05) is 42.7 Å². The third kappa shape index (κ3) is 3.97. The fourth-order valence-electron chi connectivity index (χ4n) is 4.68. The summed E-state index contributed by atoms with van der Waals surface area (Å²) in [4.78, 5) is 34.7. The van der Waals surface area contributed by atoms with Crippen molar-refractivity contribution in [3.63, 3.8) is 0 Å². The zero-order valence-corrected chi connectivity index (χ0v) is 18.3. The smallest absolute Gasteiger partial charge is 0.311 e. The van der Waals surface area contributed by atoms with E-state index in [0.29, 0.717) is 19.4 Å². The maximum atomic E-state index is 12.7. The second-order valence-corrected chi connectivity index (χ2v) is 9.09. The first-order valence-electron chi connectivity index (χ1n) is 10.3. The number of amides is 1. The van der Waals surface area contributed by atoms with E-state index >= 15 is 0 Å². The van der Waals surface area contributed by atoms with Crippen LogP contribution in [0.25, 0.3) is 10.1 Å². The number of piperidine rings is 1. The Labute approximate surface area is 180 Å². The Kier molecular flexibility index (Phi) is 6.38. The van der Waals surface area contributed by atoms with Gasteiger partial charge < -0.3 is 9.47 Å². The third-order valence-corrected chi connectivity index (χ3v) is 7.33. The first-order valence-corrected chi connectivity index (χ1v) is 11.1. The highest BCUT2D eigenvalue weighted by Crippen LogP contribution is 2.44. The lowest BCUT2D eigenvalue weighted by Crippen LogP contribution is -2.57. The molecule has 2 saturated heterocycles. The van der Waals surface area contributed by atoms with Crippen molar-refractivity contribution in [2.45, 2.75) is 31.3 Å². The van der Waals surface area contributed by atoms with E-state index in [9.17, 15) is 9.59 Å². The predicted molar refractivity (Wildman–Crippen MR) is 114 cm³/mol. The summed E-state index contributed by atoms with van der Waals surface area (Å²) in [5, 5.41) is 2.74. The van der Waals surface area contributed by atoms with Crippen LogP contribution in [0, 0.1) is 5.92 Å². The number of thiophene rings is 1. The molecule has 1 spiro atoms. The molecule has 162 valence electrons. The van der Waals surface area contributed by atoms with Crippen LogP contribution in [0.4, 0.5) is 0 Å². The molecule has 0 saturated carbocycles. The summed E-state index contributed by atoms with van der Waals surface area (Å²) >= 11 is 1.82. The van der Waals surface area contributed by atoms with Gasteiger partial charge in [0.1, 0.15) is 0 Å². The number of rotatable bonds is 7. The number of hydrogen-bond donors (Lipinski definition) is 0. The van der Waals surface area contributed by atoms with E-state index in [1.54, 1.807) is 7.11 Å². The summed E-state index contributed by atoms with van der Waals surface area (Å²) in [7, 11) is 2.97. The summed E-state index contributed by atoms with van der Waals surface area (Å²) in [6.07, 6.45) is 1.49. The van der Waals surface area contributed by atoms with Crippen LogP contribution in [0.3, 0.4) is 0 Å². The zero-order chi connectivity index (χ0) is 21.1. The van der Waals surface area contributed by atoms with Crippen molar-refractivity contribution >= 4 is 33.3 Å². The Bertz CT molecular complexity index is 873. The average Bonchev–Trinajstić information content (AvgIpc) is 3.28.